The van der Waals surface area contributed by atoms with Crippen molar-refractivity contribution in [1.29, 1.82) is 0 Å². The summed E-state index contributed by atoms with van der Waals surface area (Å²) in [6.45, 7) is 7.09. The molecule has 2 heterocycles. The molecule has 2 aromatic carbocycles. The van der Waals surface area contributed by atoms with Gasteiger partial charge in [0.25, 0.3) is 5.91 Å². The summed E-state index contributed by atoms with van der Waals surface area (Å²) in [5, 5.41) is 4.17. The molecule has 172 valence electrons. The first-order valence-corrected chi connectivity index (χ1v) is 11.3. The lowest BCUT2D eigenvalue weighted by Gasteiger charge is -2.22. The molecule has 0 bridgehead atoms. The normalized spacial score (nSPS) is 21.1. The number of alkyl halides is 3. The van der Waals surface area contributed by atoms with Gasteiger partial charge in [-0.05, 0) is 73.7 Å². The van der Waals surface area contributed by atoms with Crippen molar-refractivity contribution in [3.8, 4) is 0 Å². The van der Waals surface area contributed by atoms with Crippen molar-refractivity contribution in [2.45, 2.75) is 19.5 Å². The molecule has 2 aliphatic heterocycles. The van der Waals surface area contributed by atoms with Crippen LogP contribution in [0.25, 0.3) is 0 Å². The van der Waals surface area contributed by atoms with Crippen LogP contribution < -0.4 is 5.32 Å². The van der Waals surface area contributed by atoms with Gasteiger partial charge in [-0.2, -0.15) is 13.2 Å². The van der Waals surface area contributed by atoms with E-state index in [9.17, 15) is 18.0 Å². The Morgan fingerprint density at radius 1 is 1.06 bits per heavy atom. The first-order chi connectivity index (χ1) is 15.2. The smallest absolute Gasteiger partial charge is 0.385 e. The maximum atomic E-state index is 12.7. The van der Waals surface area contributed by atoms with Gasteiger partial charge in [0, 0.05) is 49.0 Å². The number of carbonyl (C=O) groups excluding carboxylic acids is 1. The van der Waals surface area contributed by atoms with Gasteiger partial charge in [0.1, 0.15) is 0 Å². The van der Waals surface area contributed by atoms with Crippen LogP contribution in [0, 0.1) is 18.8 Å². The van der Waals surface area contributed by atoms with Crippen LogP contribution in [0.4, 0.5) is 18.9 Å². The number of halogens is 4. The lowest BCUT2D eigenvalue weighted by Crippen LogP contribution is -2.33. The minimum atomic E-state index is -4.39. The minimum Gasteiger partial charge on any atom is -0.385 e. The zero-order chi connectivity index (χ0) is 22.9. The fourth-order valence-corrected chi connectivity index (χ4v) is 4.84. The van der Waals surface area contributed by atoms with Crippen molar-refractivity contribution in [2.24, 2.45) is 11.8 Å². The van der Waals surface area contributed by atoms with E-state index >= 15 is 0 Å². The Hall–Kier alpha value is -2.25. The van der Waals surface area contributed by atoms with Crippen LogP contribution in [0.5, 0.6) is 0 Å². The average molecular weight is 466 g/mol. The standard InChI is InChI=1S/C24H27ClF3N3O/c1-16-3-8-21(11-22(16)25)29-9-2-10-30-12-18-14-31(15-19(18)13-30)23(32)17-4-6-20(7-5-17)24(26,27)28/h3-8,11,18-19,29H,2,9-10,12-15H2,1H3. The Morgan fingerprint density at radius 3 is 2.31 bits per heavy atom. The maximum absolute atomic E-state index is 12.7. The molecule has 8 heteroatoms. The molecule has 2 atom stereocenters. The average Bonchev–Trinajstić information content (AvgIpc) is 3.31. The molecule has 2 aliphatic rings. The molecular formula is C24H27ClF3N3O. The van der Waals surface area contributed by atoms with Crippen LogP contribution in [0.1, 0.15) is 27.9 Å². The van der Waals surface area contributed by atoms with Crippen molar-refractivity contribution in [3.63, 3.8) is 0 Å². The van der Waals surface area contributed by atoms with Gasteiger partial charge in [0.2, 0.25) is 0 Å². The van der Waals surface area contributed by atoms with E-state index in [1.54, 1.807) is 4.90 Å². The molecule has 2 saturated heterocycles. The second-order valence-electron chi connectivity index (χ2n) is 8.81. The van der Waals surface area contributed by atoms with E-state index in [1.165, 1.54) is 12.1 Å². The van der Waals surface area contributed by atoms with Crippen molar-refractivity contribution in [3.05, 3.63) is 64.2 Å². The van der Waals surface area contributed by atoms with E-state index in [-0.39, 0.29) is 5.91 Å². The molecule has 4 rings (SSSR count). The monoisotopic (exact) mass is 465 g/mol. The van der Waals surface area contributed by atoms with Crippen LogP contribution in [0.2, 0.25) is 5.02 Å². The number of benzene rings is 2. The van der Waals surface area contributed by atoms with Gasteiger partial charge in [-0.25, -0.2) is 0 Å². The van der Waals surface area contributed by atoms with Crippen LogP contribution in [-0.2, 0) is 6.18 Å². The number of aryl methyl sites for hydroxylation is 1. The van der Waals surface area contributed by atoms with E-state index < -0.39 is 11.7 Å². The molecule has 1 N–H and O–H groups in total. The first kappa shape index (κ1) is 22.9. The fourth-order valence-electron chi connectivity index (χ4n) is 4.66. The molecule has 2 aromatic rings. The van der Waals surface area contributed by atoms with E-state index in [2.05, 4.69) is 10.2 Å². The summed E-state index contributed by atoms with van der Waals surface area (Å²) in [6, 6.07) is 10.5. The van der Waals surface area contributed by atoms with Crippen LogP contribution >= 0.6 is 11.6 Å². The molecule has 2 fully saturated rings. The highest BCUT2D eigenvalue weighted by Gasteiger charge is 2.41. The number of hydrogen-bond acceptors (Lipinski definition) is 3. The van der Waals surface area contributed by atoms with Gasteiger partial charge in [-0.15, -0.1) is 0 Å². The number of carbonyl (C=O) groups is 1. The molecule has 1 amide bonds. The van der Waals surface area contributed by atoms with Gasteiger partial charge < -0.3 is 15.1 Å². The number of hydrogen-bond donors (Lipinski definition) is 1. The van der Waals surface area contributed by atoms with E-state index in [4.69, 9.17) is 11.6 Å². The van der Waals surface area contributed by atoms with Crippen LogP contribution in [0.3, 0.4) is 0 Å². The zero-order valence-electron chi connectivity index (χ0n) is 18.0. The molecule has 0 spiro atoms. The highest BCUT2D eigenvalue weighted by molar-refractivity contribution is 6.31. The molecule has 32 heavy (non-hydrogen) atoms. The third kappa shape index (κ3) is 5.21. The molecule has 0 aromatic heterocycles. The number of rotatable bonds is 6. The second-order valence-corrected chi connectivity index (χ2v) is 9.22. The van der Waals surface area contributed by atoms with Gasteiger partial charge in [-0.3, -0.25) is 4.79 Å². The van der Waals surface area contributed by atoms with Crippen molar-refractivity contribution in [2.75, 3.05) is 44.6 Å². The molecular weight excluding hydrogens is 439 g/mol. The molecule has 0 saturated carbocycles. The number of nitrogens with zero attached hydrogens (tertiary/aromatic N) is 2. The third-order valence-corrected chi connectivity index (χ3v) is 6.87. The summed E-state index contributed by atoms with van der Waals surface area (Å²) in [7, 11) is 0. The zero-order valence-corrected chi connectivity index (χ0v) is 18.7. The molecule has 2 unspecified atom stereocenters. The molecule has 0 radical (unpaired) electrons. The Morgan fingerprint density at radius 2 is 1.72 bits per heavy atom. The number of amides is 1. The first-order valence-electron chi connectivity index (χ1n) is 10.9. The van der Waals surface area contributed by atoms with Crippen LogP contribution in [0.15, 0.2) is 42.5 Å². The Bertz CT molecular complexity index is 950. The number of nitrogens with one attached hydrogen (secondary N) is 1. The van der Waals surface area contributed by atoms with E-state index in [1.807, 2.05) is 25.1 Å². The molecule has 4 nitrogen and oxygen atoms in total. The van der Waals surface area contributed by atoms with E-state index in [0.717, 1.165) is 61.0 Å². The largest absolute Gasteiger partial charge is 0.416 e. The summed E-state index contributed by atoms with van der Waals surface area (Å²) in [4.78, 5) is 17.0. The van der Waals surface area contributed by atoms with Gasteiger partial charge in [-0.1, -0.05) is 17.7 Å². The number of fused-ring (bicyclic) bond motifs is 1. The molecule has 0 aliphatic carbocycles. The highest BCUT2D eigenvalue weighted by atomic mass is 35.5. The predicted molar refractivity (Wildman–Crippen MR) is 120 cm³/mol. The van der Waals surface area contributed by atoms with Crippen LogP contribution in [-0.4, -0.2) is 55.0 Å². The quantitative estimate of drug-likeness (QED) is 0.597. The summed E-state index contributed by atoms with van der Waals surface area (Å²) in [5.74, 6) is 0.676. The SMILES string of the molecule is Cc1ccc(NCCCN2CC3CN(C(=O)c4ccc(C(F)(F)F)cc4)CC3C2)cc1Cl. The summed E-state index contributed by atoms with van der Waals surface area (Å²) < 4.78 is 38.2. The summed E-state index contributed by atoms with van der Waals surface area (Å²) >= 11 is 6.16. The lowest BCUT2D eigenvalue weighted by atomic mass is 10.0. The Kier molecular flexibility index (Phi) is 6.67. The minimum absolute atomic E-state index is 0.180. The van der Waals surface area contributed by atoms with Crippen molar-refractivity contribution in [1.82, 2.24) is 9.80 Å². The van der Waals surface area contributed by atoms with Crippen molar-refractivity contribution < 1.29 is 18.0 Å². The van der Waals surface area contributed by atoms with Gasteiger partial charge in [0.05, 0.1) is 5.56 Å². The van der Waals surface area contributed by atoms with Crippen molar-refractivity contribution >= 4 is 23.2 Å². The third-order valence-electron chi connectivity index (χ3n) is 6.46. The lowest BCUT2D eigenvalue weighted by molar-refractivity contribution is -0.137. The fraction of sp³-hybridized carbons (Fsp3) is 0.458. The topological polar surface area (TPSA) is 35.6 Å². The summed E-state index contributed by atoms with van der Waals surface area (Å²) in [5.41, 5.74) is 1.67. The Labute approximate surface area is 191 Å². The second kappa shape index (κ2) is 9.32. The van der Waals surface area contributed by atoms with E-state index in [0.29, 0.717) is 30.5 Å². The van der Waals surface area contributed by atoms with Gasteiger partial charge in [0.15, 0.2) is 0 Å². The van der Waals surface area contributed by atoms with Gasteiger partial charge >= 0.3 is 6.18 Å². The Balaban J connectivity index is 1.21. The highest BCUT2D eigenvalue weighted by Crippen LogP contribution is 2.33. The predicted octanol–water partition coefficient (Wildman–Crippen LogP) is 5.17. The number of anilines is 1. The maximum Gasteiger partial charge on any atom is 0.416 e. The summed E-state index contributed by atoms with van der Waals surface area (Å²) in [6.07, 6.45) is -3.38. The number of likely N-dealkylation sites (tertiary alicyclic amines) is 2.